The Morgan fingerprint density at radius 1 is 0.963 bits per heavy atom. The molecular weight excluding hydrogens is 334 g/mol. The Balaban J connectivity index is 1.35. The van der Waals surface area contributed by atoms with E-state index in [1.165, 1.54) is 30.6 Å². The number of hydrogen-bond acceptors (Lipinski definition) is 3. The van der Waals surface area contributed by atoms with Crippen LogP contribution < -0.4 is 0 Å². The molecule has 1 aliphatic carbocycles. The van der Waals surface area contributed by atoms with Crippen LogP contribution in [0.25, 0.3) is 33.3 Å². The molecular formula is C22H23N5. The standard InChI is InChI=1S/C22H23N5/c1-2-17(3-1)26-11-9-21-24-19-14-16(5-7-20(19)27(21)13-12-26)18-6-4-15-8-10-23-22(15)25-18/h4-8,10,14,17H,1-3,9,11-13H2,(H,23,25). The molecule has 1 fully saturated rings. The fraction of sp³-hybridized carbons (Fsp3) is 0.364. The quantitative estimate of drug-likeness (QED) is 0.590. The van der Waals surface area contributed by atoms with Gasteiger partial charge in [0.15, 0.2) is 0 Å². The minimum atomic E-state index is 0.821. The van der Waals surface area contributed by atoms with Crippen LogP contribution in [0.3, 0.4) is 0 Å². The van der Waals surface area contributed by atoms with E-state index in [1.807, 2.05) is 6.20 Å². The third-order valence-corrected chi connectivity index (χ3v) is 6.36. The molecule has 4 aromatic rings. The van der Waals surface area contributed by atoms with E-state index in [9.17, 15) is 0 Å². The average molecular weight is 357 g/mol. The Morgan fingerprint density at radius 3 is 2.81 bits per heavy atom. The fourth-order valence-corrected chi connectivity index (χ4v) is 4.57. The van der Waals surface area contributed by atoms with E-state index in [2.05, 4.69) is 50.8 Å². The van der Waals surface area contributed by atoms with Crippen LogP contribution in [0.4, 0.5) is 0 Å². The van der Waals surface area contributed by atoms with E-state index in [1.54, 1.807) is 0 Å². The number of nitrogens with zero attached hydrogens (tertiary/aromatic N) is 4. The SMILES string of the molecule is c1cc2ccc(-c3ccc4c(c3)nc3n4CCN(C4CCC4)CC3)nc2[nH]1. The molecule has 0 spiro atoms. The third-order valence-electron chi connectivity index (χ3n) is 6.36. The summed E-state index contributed by atoms with van der Waals surface area (Å²) in [5, 5.41) is 1.14. The van der Waals surface area contributed by atoms with Crippen LogP contribution in [0.5, 0.6) is 0 Å². The number of aromatic nitrogens is 4. The number of nitrogens with one attached hydrogen (secondary N) is 1. The maximum Gasteiger partial charge on any atom is 0.137 e. The van der Waals surface area contributed by atoms with E-state index in [4.69, 9.17) is 9.97 Å². The number of benzene rings is 1. The molecule has 0 saturated heterocycles. The molecule has 27 heavy (non-hydrogen) atoms. The molecule has 2 aliphatic rings. The van der Waals surface area contributed by atoms with Crippen molar-refractivity contribution < 1.29 is 0 Å². The van der Waals surface area contributed by atoms with Crippen LogP contribution in [0.1, 0.15) is 25.1 Å². The minimum Gasteiger partial charge on any atom is -0.346 e. The molecule has 1 saturated carbocycles. The summed E-state index contributed by atoms with van der Waals surface area (Å²) in [7, 11) is 0. The lowest BCUT2D eigenvalue weighted by molar-refractivity contribution is 0.130. The van der Waals surface area contributed by atoms with Gasteiger partial charge in [-0.2, -0.15) is 0 Å². The van der Waals surface area contributed by atoms with E-state index < -0.39 is 0 Å². The van der Waals surface area contributed by atoms with Gasteiger partial charge in [-0.1, -0.05) is 12.5 Å². The Morgan fingerprint density at radius 2 is 1.93 bits per heavy atom. The van der Waals surface area contributed by atoms with E-state index in [0.717, 1.165) is 59.9 Å². The van der Waals surface area contributed by atoms with Gasteiger partial charge in [-0.05, 0) is 43.2 Å². The zero-order valence-electron chi connectivity index (χ0n) is 15.4. The van der Waals surface area contributed by atoms with E-state index >= 15 is 0 Å². The highest BCUT2D eigenvalue weighted by molar-refractivity contribution is 5.84. The van der Waals surface area contributed by atoms with Gasteiger partial charge < -0.3 is 9.55 Å². The summed E-state index contributed by atoms with van der Waals surface area (Å²) >= 11 is 0. The van der Waals surface area contributed by atoms with E-state index in [-0.39, 0.29) is 0 Å². The Labute approximate surface area is 158 Å². The van der Waals surface area contributed by atoms with Crippen LogP contribution in [-0.2, 0) is 13.0 Å². The lowest BCUT2D eigenvalue weighted by atomic mass is 9.91. The van der Waals surface area contributed by atoms with Crippen molar-refractivity contribution in [3.05, 3.63) is 48.4 Å². The van der Waals surface area contributed by atoms with Gasteiger partial charge in [-0.15, -0.1) is 0 Å². The number of imidazole rings is 1. The Hall–Kier alpha value is -2.66. The van der Waals surface area contributed by atoms with Gasteiger partial charge in [-0.3, -0.25) is 4.90 Å². The van der Waals surface area contributed by atoms with Gasteiger partial charge in [0.2, 0.25) is 0 Å². The largest absolute Gasteiger partial charge is 0.346 e. The van der Waals surface area contributed by atoms with Gasteiger partial charge >= 0.3 is 0 Å². The molecule has 0 bridgehead atoms. The number of aromatic amines is 1. The second kappa shape index (κ2) is 5.92. The highest BCUT2D eigenvalue weighted by atomic mass is 15.2. The maximum atomic E-state index is 4.99. The summed E-state index contributed by atoms with van der Waals surface area (Å²) in [5.74, 6) is 1.23. The van der Waals surface area contributed by atoms with Crippen LogP contribution in [0.2, 0.25) is 0 Å². The topological polar surface area (TPSA) is 49.7 Å². The zero-order chi connectivity index (χ0) is 17.8. The number of pyridine rings is 1. The fourth-order valence-electron chi connectivity index (χ4n) is 4.57. The lowest BCUT2D eigenvalue weighted by Gasteiger charge is -2.36. The summed E-state index contributed by atoms with van der Waals surface area (Å²) < 4.78 is 2.43. The molecule has 4 heterocycles. The van der Waals surface area contributed by atoms with Crippen molar-refractivity contribution in [2.24, 2.45) is 0 Å². The molecule has 1 aliphatic heterocycles. The van der Waals surface area contributed by atoms with Gasteiger partial charge in [0.05, 0.1) is 16.7 Å². The van der Waals surface area contributed by atoms with Crippen molar-refractivity contribution in [2.45, 2.75) is 38.3 Å². The molecule has 0 atom stereocenters. The highest BCUT2D eigenvalue weighted by Crippen LogP contribution is 2.29. The minimum absolute atomic E-state index is 0.821. The first kappa shape index (κ1) is 15.4. The summed E-state index contributed by atoms with van der Waals surface area (Å²) in [6.07, 6.45) is 7.14. The van der Waals surface area contributed by atoms with Gasteiger partial charge in [-0.25, -0.2) is 9.97 Å². The summed E-state index contributed by atoms with van der Waals surface area (Å²) in [6, 6.07) is 13.7. The molecule has 3 aromatic heterocycles. The first-order valence-electron chi connectivity index (χ1n) is 10.0. The number of rotatable bonds is 2. The Kier molecular flexibility index (Phi) is 3.38. The summed E-state index contributed by atoms with van der Waals surface area (Å²) in [6.45, 7) is 3.34. The van der Waals surface area contributed by atoms with Crippen molar-refractivity contribution in [3.8, 4) is 11.3 Å². The number of hydrogen-bond donors (Lipinski definition) is 1. The average Bonchev–Trinajstić information content (AvgIpc) is 3.20. The molecule has 5 heteroatoms. The van der Waals surface area contributed by atoms with Crippen molar-refractivity contribution >= 4 is 22.1 Å². The predicted molar refractivity (Wildman–Crippen MR) is 108 cm³/mol. The van der Waals surface area contributed by atoms with Crippen molar-refractivity contribution in [2.75, 3.05) is 13.1 Å². The first-order valence-corrected chi connectivity index (χ1v) is 10.0. The second-order valence-electron chi connectivity index (χ2n) is 7.87. The third kappa shape index (κ3) is 2.49. The monoisotopic (exact) mass is 357 g/mol. The number of H-pyrrole nitrogens is 1. The first-order chi connectivity index (χ1) is 13.3. The molecule has 6 rings (SSSR count). The molecule has 0 unspecified atom stereocenters. The molecule has 0 radical (unpaired) electrons. The van der Waals surface area contributed by atoms with Gasteiger partial charge in [0.25, 0.3) is 0 Å². The van der Waals surface area contributed by atoms with Crippen molar-refractivity contribution in [1.82, 2.24) is 24.4 Å². The summed E-state index contributed by atoms with van der Waals surface area (Å²) in [4.78, 5) is 15.6. The smallest absolute Gasteiger partial charge is 0.137 e. The van der Waals surface area contributed by atoms with Gasteiger partial charge in [0, 0.05) is 49.2 Å². The molecule has 136 valence electrons. The summed E-state index contributed by atoms with van der Waals surface area (Å²) in [5.41, 5.74) is 5.40. The van der Waals surface area contributed by atoms with Crippen LogP contribution in [-0.4, -0.2) is 43.6 Å². The van der Waals surface area contributed by atoms with Crippen molar-refractivity contribution in [1.29, 1.82) is 0 Å². The normalized spacial score (nSPS) is 18.5. The zero-order valence-corrected chi connectivity index (χ0v) is 15.4. The predicted octanol–water partition coefficient (Wildman–Crippen LogP) is 3.99. The Bertz CT molecular complexity index is 1130. The van der Waals surface area contributed by atoms with Crippen LogP contribution >= 0.6 is 0 Å². The van der Waals surface area contributed by atoms with E-state index in [0.29, 0.717) is 0 Å². The maximum absolute atomic E-state index is 4.99. The molecule has 1 N–H and O–H groups in total. The van der Waals surface area contributed by atoms with Crippen molar-refractivity contribution in [3.63, 3.8) is 0 Å². The highest BCUT2D eigenvalue weighted by Gasteiger charge is 2.27. The van der Waals surface area contributed by atoms with Crippen LogP contribution in [0.15, 0.2) is 42.6 Å². The number of fused-ring (bicyclic) bond motifs is 4. The van der Waals surface area contributed by atoms with Crippen LogP contribution in [0, 0.1) is 0 Å². The lowest BCUT2D eigenvalue weighted by Crippen LogP contribution is -2.41. The second-order valence-corrected chi connectivity index (χ2v) is 7.87. The molecule has 5 nitrogen and oxygen atoms in total. The van der Waals surface area contributed by atoms with Gasteiger partial charge in [0.1, 0.15) is 11.5 Å². The molecule has 0 amide bonds. The molecule has 1 aromatic carbocycles.